The van der Waals surface area contributed by atoms with Gasteiger partial charge in [0.1, 0.15) is 17.8 Å². The number of hydrogen-bond donors (Lipinski definition) is 1. The first kappa shape index (κ1) is 20.9. The molecule has 8 nitrogen and oxygen atoms in total. The summed E-state index contributed by atoms with van der Waals surface area (Å²) in [6, 6.07) is 8.36. The fourth-order valence-electron chi connectivity index (χ4n) is 3.42. The maximum absolute atomic E-state index is 13.0. The molecule has 3 heterocycles. The van der Waals surface area contributed by atoms with Gasteiger partial charge in [-0.3, -0.25) is 4.79 Å². The molecule has 0 bridgehead atoms. The number of nitrogens with one attached hydrogen (secondary N) is 1. The number of halogens is 3. The summed E-state index contributed by atoms with van der Waals surface area (Å²) >= 11 is 0. The van der Waals surface area contributed by atoms with Gasteiger partial charge in [0, 0.05) is 30.3 Å². The molecule has 0 unspecified atom stereocenters. The summed E-state index contributed by atoms with van der Waals surface area (Å²) in [5.41, 5.74) is 0.740. The predicted molar refractivity (Wildman–Crippen MR) is 103 cm³/mol. The molecule has 1 saturated heterocycles. The van der Waals surface area contributed by atoms with E-state index >= 15 is 0 Å². The third kappa shape index (κ3) is 4.26. The van der Waals surface area contributed by atoms with E-state index in [2.05, 4.69) is 25.5 Å². The van der Waals surface area contributed by atoms with Crippen molar-refractivity contribution in [3.8, 4) is 0 Å². The van der Waals surface area contributed by atoms with Gasteiger partial charge in [-0.05, 0) is 30.7 Å². The summed E-state index contributed by atoms with van der Waals surface area (Å²) in [6.45, 7) is 2.34. The molecule has 0 saturated carbocycles. The lowest BCUT2D eigenvalue weighted by atomic mass is 9.75. The summed E-state index contributed by atoms with van der Waals surface area (Å²) in [4.78, 5) is 19.3. The van der Waals surface area contributed by atoms with Gasteiger partial charge < -0.3 is 14.6 Å². The molecular formula is C20H19F3N6O2. The van der Waals surface area contributed by atoms with E-state index in [4.69, 9.17) is 4.74 Å². The predicted octanol–water partition coefficient (Wildman–Crippen LogP) is 2.70. The number of anilines is 1. The van der Waals surface area contributed by atoms with Crippen LogP contribution in [0.15, 0.2) is 36.7 Å². The van der Waals surface area contributed by atoms with E-state index in [1.54, 1.807) is 24.5 Å². The minimum atomic E-state index is -4.74. The van der Waals surface area contributed by atoms with Crippen molar-refractivity contribution in [3.63, 3.8) is 0 Å². The van der Waals surface area contributed by atoms with Gasteiger partial charge in [0.25, 0.3) is 5.91 Å². The molecule has 1 fully saturated rings. The number of amides is 1. The highest BCUT2D eigenvalue weighted by Gasteiger charge is 2.42. The van der Waals surface area contributed by atoms with Crippen LogP contribution in [-0.4, -0.2) is 43.9 Å². The molecule has 1 aromatic carbocycles. The van der Waals surface area contributed by atoms with Gasteiger partial charge in [-0.1, -0.05) is 12.1 Å². The number of hydrogen-bond acceptors (Lipinski definition) is 6. The van der Waals surface area contributed by atoms with Crippen LogP contribution in [0.2, 0.25) is 0 Å². The van der Waals surface area contributed by atoms with Gasteiger partial charge in [0.05, 0.1) is 13.2 Å². The number of nitrogens with zero attached hydrogens (tertiary/aromatic N) is 5. The first-order chi connectivity index (χ1) is 14.7. The van der Waals surface area contributed by atoms with Crippen LogP contribution in [0.1, 0.15) is 33.4 Å². The molecule has 1 aliphatic rings. The second kappa shape index (κ2) is 7.73. The zero-order chi connectivity index (χ0) is 22.2. The van der Waals surface area contributed by atoms with Crippen molar-refractivity contribution in [1.82, 2.24) is 24.7 Å². The lowest BCUT2D eigenvalue weighted by molar-refractivity contribution is -0.145. The minimum Gasteiger partial charge on any atom is -0.379 e. The van der Waals surface area contributed by atoms with Crippen LogP contribution in [0.4, 0.5) is 18.9 Å². The van der Waals surface area contributed by atoms with E-state index in [-0.39, 0.29) is 16.8 Å². The number of alkyl halides is 3. The molecule has 1 amide bonds. The van der Waals surface area contributed by atoms with Crippen LogP contribution in [0, 0.1) is 6.92 Å². The Morgan fingerprint density at radius 2 is 2.03 bits per heavy atom. The van der Waals surface area contributed by atoms with E-state index in [9.17, 15) is 18.0 Å². The Morgan fingerprint density at radius 1 is 1.26 bits per heavy atom. The molecule has 1 aliphatic heterocycles. The molecule has 1 N–H and O–H groups in total. The number of carbonyl (C=O) groups excluding carboxylic acids is 1. The molecule has 0 aliphatic carbocycles. The number of aryl methyl sites for hydroxylation is 2. The van der Waals surface area contributed by atoms with Crippen LogP contribution in [-0.2, 0) is 29.8 Å². The third-order valence-electron chi connectivity index (χ3n) is 5.13. The molecule has 31 heavy (non-hydrogen) atoms. The van der Waals surface area contributed by atoms with Gasteiger partial charge in [0.15, 0.2) is 0 Å². The fraction of sp³-hybridized carbons (Fsp3) is 0.350. The van der Waals surface area contributed by atoms with Gasteiger partial charge in [0.2, 0.25) is 5.82 Å². The molecular weight excluding hydrogens is 413 g/mol. The van der Waals surface area contributed by atoms with Crippen LogP contribution in [0.5, 0.6) is 0 Å². The standard InChI is InChI=1S/C20H19F3N6O2/c1-12-6-15(27-18(25-12)20(21,22)23)17(30)26-14-5-3-4-13(7-14)19(9-31-10-19)8-16-28-24-11-29(16)2/h3-7,11H,8-10H2,1-2H3,(H,26,30). The van der Waals surface area contributed by atoms with Gasteiger partial charge in [-0.2, -0.15) is 13.2 Å². The Hall–Kier alpha value is -3.34. The number of aromatic nitrogens is 5. The normalized spacial score (nSPS) is 15.4. The van der Waals surface area contributed by atoms with Crippen LogP contribution in [0.3, 0.4) is 0 Å². The van der Waals surface area contributed by atoms with Crippen molar-refractivity contribution in [1.29, 1.82) is 0 Å². The van der Waals surface area contributed by atoms with Crippen LogP contribution in [0.25, 0.3) is 0 Å². The lowest BCUT2D eigenvalue weighted by Gasteiger charge is -2.41. The zero-order valence-corrected chi connectivity index (χ0v) is 16.8. The Labute approximate surface area is 175 Å². The van der Waals surface area contributed by atoms with Gasteiger partial charge in [-0.15, -0.1) is 10.2 Å². The number of ether oxygens (including phenoxy) is 1. The second-order valence-electron chi connectivity index (χ2n) is 7.56. The van der Waals surface area contributed by atoms with E-state index in [1.165, 1.54) is 13.0 Å². The maximum atomic E-state index is 13.0. The maximum Gasteiger partial charge on any atom is 0.451 e. The van der Waals surface area contributed by atoms with E-state index in [1.807, 2.05) is 17.7 Å². The van der Waals surface area contributed by atoms with Crippen molar-refractivity contribution in [2.45, 2.75) is 24.9 Å². The van der Waals surface area contributed by atoms with Crippen molar-refractivity contribution >= 4 is 11.6 Å². The Morgan fingerprint density at radius 3 is 2.65 bits per heavy atom. The summed E-state index contributed by atoms with van der Waals surface area (Å²) in [6.07, 6.45) is -2.52. The Bertz CT molecular complexity index is 1120. The molecule has 4 rings (SSSR count). The van der Waals surface area contributed by atoms with Crippen molar-refractivity contribution in [2.24, 2.45) is 7.05 Å². The van der Waals surface area contributed by atoms with Crippen molar-refractivity contribution in [2.75, 3.05) is 18.5 Å². The van der Waals surface area contributed by atoms with E-state index < -0.39 is 17.9 Å². The minimum absolute atomic E-state index is 0.0514. The van der Waals surface area contributed by atoms with Crippen molar-refractivity contribution in [3.05, 3.63) is 65.3 Å². The quantitative estimate of drug-likeness (QED) is 0.666. The lowest BCUT2D eigenvalue weighted by Crippen LogP contribution is -2.49. The van der Waals surface area contributed by atoms with Gasteiger partial charge >= 0.3 is 6.18 Å². The molecule has 2 aromatic heterocycles. The first-order valence-electron chi connectivity index (χ1n) is 9.42. The summed E-state index contributed by atoms with van der Waals surface area (Å²) < 4.78 is 46.2. The van der Waals surface area contributed by atoms with Crippen LogP contribution >= 0.6 is 0 Å². The molecule has 0 radical (unpaired) electrons. The number of rotatable bonds is 5. The largest absolute Gasteiger partial charge is 0.451 e. The summed E-state index contributed by atoms with van der Waals surface area (Å²) in [5.74, 6) is -1.30. The average molecular weight is 432 g/mol. The topological polar surface area (TPSA) is 94.8 Å². The smallest absolute Gasteiger partial charge is 0.379 e. The van der Waals surface area contributed by atoms with Gasteiger partial charge in [-0.25, -0.2) is 9.97 Å². The highest BCUT2D eigenvalue weighted by Crippen LogP contribution is 2.36. The van der Waals surface area contributed by atoms with E-state index in [0.717, 1.165) is 11.4 Å². The molecule has 0 atom stereocenters. The second-order valence-corrected chi connectivity index (χ2v) is 7.56. The fourth-order valence-corrected chi connectivity index (χ4v) is 3.42. The SMILES string of the molecule is Cc1cc(C(=O)Nc2cccc(C3(Cc4nncn4C)COC3)c2)nc(C(F)(F)F)n1. The zero-order valence-electron chi connectivity index (χ0n) is 16.8. The average Bonchev–Trinajstić information content (AvgIpc) is 3.08. The molecule has 162 valence electrons. The van der Waals surface area contributed by atoms with Crippen LogP contribution < -0.4 is 5.32 Å². The summed E-state index contributed by atoms with van der Waals surface area (Å²) in [5, 5.41) is 10.7. The first-order valence-corrected chi connectivity index (χ1v) is 9.42. The highest BCUT2D eigenvalue weighted by molar-refractivity contribution is 6.03. The molecule has 11 heteroatoms. The third-order valence-corrected chi connectivity index (χ3v) is 5.13. The Balaban J connectivity index is 1.57. The Kier molecular flexibility index (Phi) is 5.21. The molecule has 3 aromatic rings. The molecule has 0 spiro atoms. The number of carbonyl (C=O) groups is 1. The monoisotopic (exact) mass is 432 g/mol. The number of benzene rings is 1. The van der Waals surface area contributed by atoms with Crippen molar-refractivity contribution < 1.29 is 22.7 Å². The summed E-state index contributed by atoms with van der Waals surface area (Å²) in [7, 11) is 1.86. The van der Waals surface area contributed by atoms with E-state index in [0.29, 0.717) is 25.3 Å². The highest BCUT2D eigenvalue weighted by atomic mass is 19.4.